The molecule has 8 heteroatoms. The molecule has 0 unspecified atom stereocenters. The Hall–Kier alpha value is -2.61. The van der Waals surface area contributed by atoms with E-state index in [1.807, 2.05) is 31.0 Å². The fraction of sp³-hybridized carbons (Fsp3) is 0.409. The molecule has 0 spiro atoms. The van der Waals surface area contributed by atoms with Gasteiger partial charge in [-0.2, -0.15) is 0 Å². The summed E-state index contributed by atoms with van der Waals surface area (Å²) in [5, 5.41) is 6.49. The topological polar surface area (TPSA) is 73.8 Å². The van der Waals surface area contributed by atoms with Gasteiger partial charge in [0.15, 0.2) is 15.8 Å². The minimum atomic E-state index is -3.22. The van der Waals surface area contributed by atoms with E-state index < -0.39 is 9.84 Å². The van der Waals surface area contributed by atoms with Crippen LogP contribution in [0.25, 0.3) is 0 Å². The van der Waals surface area contributed by atoms with Crippen LogP contribution in [0.5, 0.6) is 0 Å². The van der Waals surface area contributed by atoms with Crippen LogP contribution in [0.2, 0.25) is 0 Å². The van der Waals surface area contributed by atoms with Crippen LogP contribution in [0.3, 0.4) is 0 Å². The number of sulfone groups is 1. The Morgan fingerprint density at radius 3 is 2.53 bits per heavy atom. The second kappa shape index (κ2) is 11.0. The molecule has 2 aromatic rings. The first kappa shape index (κ1) is 23.7. The normalized spacial score (nSPS) is 12.0. The van der Waals surface area contributed by atoms with Crippen molar-refractivity contribution in [1.29, 1.82) is 0 Å². The standard InChI is InChI=1S/C22H31FN4O2S/c1-5-24-22(25-13-8-14-27(3)20-10-7-6-9-19(20)23)26-16-18-11-12-21(17(2)15-18)30(4,28)29/h6-7,9-12,15H,5,8,13-14,16H2,1-4H3,(H2,24,25,26). The van der Waals surface area contributed by atoms with Gasteiger partial charge in [0.1, 0.15) is 5.82 Å². The van der Waals surface area contributed by atoms with Crippen LogP contribution in [0.4, 0.5) is 10.1 Å². The Labute approximate surface area is 179 Å². The molecule has 2 rings (SSSR count). The highest BCUT2D eigenvalue weighted by Crippen LogP contribution is 2.18. The minimum Gasteiger partial charge on any atom is -0.372 e. The zero-order valence-electron chi connectivity index (χ0n) is 18.1. The second-order valence-corrected chi connectivity index (χ2v) is 9.20. The van der Waals surface area contributed by atoms with E-state index in [1.54, 1.807) is 31.2 Å². The molecular formula is C22H31FN4O2S. The molecule has 164 valence electrons. The van der Waals surface area contributed by atoms with Gasteiger partial charge in [0.25, 0.3) is 0 Å². The molecule has 0 radical (unpaired) electrons. The molecule has 0 amide bonds. The van der Waals surface area contributed by atoms with Gasteiger partial charge in [-0.15, -0.1) is 0 Å². The van der Waals surface area contributed by atoms with Crippen LogP contribution in [0.1, 0.15) is 24.5 Å². The molecule has 0 saturated heterocycles. The van der Waals surface area contributed by atoms with Crippen LogP contribution in [0.15, 0.2) is 52.4 Å². The van der Waals surface area contributed by atoms with Crippen molar-refractivity contribution in [1.82, 2.24) is 10.6 Å². The number of halogens is 1. The molecule has 6 nitrogen and oxygen atoms in total. The largest absolute Gasteiger partial charge is 0.372 e. The van der Waals surface area contributed by atoms with Crippen LogP contribution < -0.4 is 15.5 Å². The number of guanidine groups is 1. The van der Waals surface area contributed by atoms with Crippen molar-refractivity contribution < 1.29 is 12.8 Å². The van der Waals surface area contributed by atoms with E-state index >= 15 is 0 Å². The van der Waals surface area contributed by atoms with E-state index in [-0.39, 0.29) is 5.82 Å². The number of anilines is 1. The molecule has 0 aromatic heterocycles. The first-order valence-corrected chi connectivity index (χ1v) is 11.9. The fourth-order valence-electron chi connectivity index (χ4n) is 3.14. The fourth-order valence-corrected chi connectivity index (χ4v) is 4.10. The van der Waals surface area contributed by atoms with Gasteiger partial charge >= 0.3 is 0 Å². The average molecular weight is 435 g/mol. The zero-order chi connectivity index (χ0) is 22.1. The van der Waals surface area contributed by atoms with Crippen molar-refractivity contribution in [3.8, 4) is 0 Å². The van der Waals surface area contributed by atoms with E-state index in [1.165, 1.54) is 12.3 Å². The average Bonchev–Trinajstić information content (AvgIpc) is 2.68. The van der Waals surface area contributed by atoms with Crippen LogP contribution >= 0.6 is 0 Å². The van der Waals surface area contributed by atoms with E-state index in [9.17, 15) is 12.8 Å². The van der Waals surface area contributed by atoms with Crippen molar-refractivity contribution in [3.05, 3.63) is 59.4 Å². The van der Waals surface area contributed by atoms with E-state index in [2.05, 4.69) is 15.6 Å². The molecule has 30 heavy (non-hydrogen) atoms. The van der Waals surface area contributed by atoms with Gasteiger partial charge in [-0.1, -0.05) is 24.3 Å². The molecule has 0 bridgehead atoms. The summed E-state index contributed by atoms with van der Waals surface area (Å²) in [6, 6.07) is 12.0. The summed E-state index contributed by atoms with van der Waals surface area (Å²) >= 11 is 0. The first-order chi connectivity index (χ1) is 14.2. The third-order valence-electron chi connectivity index (χ3n) is 4.63. The highest BCUT2D eigenvalue weighted by atomic mass is 32.2. The summed E-state index contributed by atoms with van der Waals surface area (Å²) < 4.78 is 37.3. The zero-order valence-corrected chi connectivity index (χ0v) is 18.9. The van der Waals surface area contributed by atoms with Gasteiger partial charge in [0.2, 0.25) is 0 Å². The highest BCUT2D eigenvalue weighted by molar-refractivity contribution is 7.90. The van der Waals surface area contributed by atoms with Gasteiger partial charge in [-0.05, 0) is 49.6 Å². The third kappa shape index (κ3) is 7.02. The number of hydrogen-bond donors (Lipinski definition) is 2. The number of nitrogens with one attached hydrogen (secondary N) is 2. The smallest absolute Gasteiger partial charge is 0.191 e. The third-order valence-corrected chi connectivity index (χ3v) is 5.89. The first-order valence-electron chi connectivity index (χ1n) is 9.99. The molecular weight excluding hydrogens is 403 g/mol. The number of nitrogens with zero attached hydrogens (tertiary/aromatic N) is 2. The quantitative estimate of drug-likeness (QED) is 0.360. The van der Waals surface area contributed by atoms with E-state index in [4.69, 9.17) is 0 Å². The number of aliphatic imine (C=N–C) groups is 1. The Morgan fingerprint density at radius 2 is 1.90 bits per heavy atom. The molecule has 0 aliphatic carbocycles. The molecule has 0 fully saturated rings. The Balaban J connectivity index is 1.90. The molecule has 0 saturated carbocycles. The molecule has 0 aliphatic rings. The maximum atomic E-state index is 13.8. The maximum absolute atomic E-state index is 13.8. The van der Waals surface area contributed by atoms with Crippen molar-refractivity contribution in [3.63, 3.8) is 0 Å². The van der Waals surface area contributed by atoms with E-state index in [0.29, 0.717) is 36.2 Å². The van der Waals surface area contributed by atoms with Crippen molar-refractivity contribution in [2.75, 3.05) is 37.8 Å². The molecule has 0 atom stereocenters. The van der Waals surface area contributed by atoms with Gasteiger partial charge in [0.05, 0.1) is 17.1 Å². The monoisotopic (exact) mass is 434 g/mol. The summed E-state index contributed by atoms with van der Waals surface area (Å²) in [6.45, 7) is 6.35. The summed E-state index contributed by atoms with van der Waals surface area (Å²) in [7, 11) is -1.35. The lowest BCUT2D eigenvalue weighted by Gasteiger charge is -2.20. The summed E-state index contributed by atoms with van der Waals surface area (Å²) in [5.41, 5.74) is 2.25. The van der Waals surface area contributed by atoms with Gasteiger partial charge < -0.3 is 15.5 Å². The van der Waals surface area contributed by atoms with Gasteiger partial charge in [-0.3, -0.25) is 0 Å². The SMILES string of the molecule is CCNC(=NCc1ccc(S(C)(=O)=O)c(C)c1)NCCCN(C)c1ccccc1F. The Bertz CT molecular complexity index is 977. The Morgan fingerprint density at radius 1 is 1.17 bits per heavy atom. The van der Waals surface area contributed by atoms with Crippen LogP contribution in [-0.4, -0.2) is 47.3 Å². The van der Waals surface area contributed by atoms with Crippen LogP contribution in [0, 0.1) is 12.7 Å². The molecule has 0 heterocycles. The predicted octanol–water partition coefficient (Wildman–Crippen LogP) is 3.12. The summed E-state index contributed by atoms with van der Waals surface area (Å²) in [4.78, 5) is 6.82. The summed E-state index contributed by atoms with van der Waals surface area (Å²) in [5.74, 6) is 0.468. The van der Waals surface area contributed by atoms with Crippen molar-refractivity contribution in [2.45, 2.75) is 31.7 Å². The van der Waals surface area contributed by atoms with Crippen molar-refractivity contribution >= 4 is 21.5 Å². The lowest BCUT2D eigenvalue weighted by atomic mass is 10.1. The van der Waals surface area contributed by atoms with Crippen molar-refractivity contribution in [2.24, 2.45) is 4.99 Å². The Kier molecular flexibility index (Phi) is 8.65. The lowest BCUT2D eigenvalue weighted by Crippen LogP contribution is -2.38. The second-order valence-electron chi connectivity index (χ2n) is 7.22. The van der Waals surface area contributed by atoms with Gasteiger partial charge in [0, 0.05) is 32.9 Å². The number of benzene rings is 2. The maximum Gasteiger partial charge on any atom is 0.191 e. The molecule has 2 aromatic carbocycles. The van der Waals surface area contributed by atoms with E-state index in [0.717, 1.165) is 24.1 Å². The molecule has 2 N–H and O–H groups in total. The highest BCUT2D eigenvalue weighted by Gasteiger charge is 2.11. The number of hydrogen-bond acceptors (Lipinski definition) is 4. The van der Waals surface area contributed by atoms with Crippen LogP contribution in [-0.2, 0) is 16.4 Å². The number of rotatable bonds is 9. The van der Waals surface area contributed by atoms with Gasteiger partial charge in [-0.25, -0.2) is 17.8 Å². The minimum absolute atomic E-state index is 0.222. The summed E-state index contributed by atoms with van der Waals surface area (Å²) in [6.07, 6.45) is 2.03. The predicted molar refractivity (Wildman–Crippen MR) is 121 cm³/mol. The number of aryl methyl sites for hydroxylation is 1. The number of para-hydroxylation sites is 1. The molecule has 0 aliphatic heterocycles. The lowest BCUT2D eigenvalue weighted by molar-refractivity contribution is 0.601.